The zero-order valence-electron chi connectivity index (χ0n) is 14.0. The monoisotopic (exact) mass is 295 g/mol. The highest BCUT2D eigenvalue weighted by atomic mass is 15.1. The second kappa shape index (κ2) is 9.42. The zero-order chi connectivity index (χ0) is 15.6. The van der Waals surface area contributed by atoms with Crippen LogP contribution in [-0.2, 0) is 12.8 Å². The Labute approximate surface area is 136 Å². The van der Waals surface area contributed by atoms with Gasteiger partial charge in [0.2, 0.25) is 0 Å². The summed E-state index contributed by atoms with van der Waals surface area (Å²) < 4.78 is 0. The predicted molar refractivity (Wildman–Crippen MR) is 96.2 cm³/mol. The Bertz CT molecular complexity index is 506. The summed E-state index contributed by atoms with van der Waals surface area (Å²) in [6, 6.07) is 22.4. The summed E-state index contributed by atoms with van der Waals surface area (Å²) >= 11 is 0. The maximum atomic E-state index is 2.55. The lowest BCUT2D eigenvalue weighted by atomic mass is 10.0. The van der Waals surface area contributed by atoms with Crippen molar-refractivity contribution in [1.82, 2.24) is 4.90 Å². The molecule has 118 valence electrons. The summed E-state index contributed by atoms with van der Waals surface area (Å²) in [5.74, 6) is 0. The molecule has 0 aliphatic carbocycles. The Hall–Kier alpha value is -1.60. The van der Waals surface area contributed by atoms with Gasteiger partial charge in [-0.15, -0.1) is 0 Å². The van der Waals surface area contributed by atoms with Crippen molar-refractivity contribution in [2.45, 2.75) is 45.1 Å². The number of likely N-dealkylation sites (N-methyl/N-ethyl adjacent to an activating group) is 1. The normalized spacial score (nSPS) is 12.5. The van der Waals surface area contributed by atoms with E-state index in [-0.39, 0.29) is 0 Å². The molecule has 1 atom stereocenters. The molecule has 0 aliphatic heterocycles. The molecule has 22 heavy (non-hydrogen) atoms. The van der Waals surface area contributed by atoms with E-state index in [1.54, 1.807) is 0 Å². The predicted octanol–water partition coefficient (Wildman–Crippen LogP) is 4.96. The van der Waals surface area contributed by atoms with Crippen molar-refractivity contribution in [3.05, 3.63) is 71.8 Å². The third kappa shape index (κ3) is 5.65. The minimum atomic E-state index is 0.656. The third-order valence-electron chi connectivity index (χ3n) is 4.38. The molecular weight excluding hydrogens is 266 g/mol. The Kier molecular flexibility index (Phi) is 7.18. The minimum Gasteiger partial charge on any atom is -0.303 e. The van der Waals surface area contributed by atoms with E-state index in [0.717, 1.165) is 6.42 Å². The van der Waals surface area contributed by atoms with Gasteiger partial charge in [-0.05, 0) is 50.4 Å². The maximum Gasteiger partial charge on any atom is 0.0132 e. The van der Waals surface area contributed by atoms with Crippen molar-refractivity contribution in [1.29, 1.82) is 0 Å². The second-order valence-electron chi connectivity index (χ2n) is 6.20. The Morgan fingerprint density at radius 3 is 2.05 bits per heavy atom. The summed E-state index contributed by atoms with van der Waals surface area (Å²) in [6.07, 6.45) is 6.10. The van der Waals surface area contributed by atoms with Gasteiger partial charge >= 0.3 is 0 Å². The van der Waals surface area contributed by atoms with E-state index in [1.807, 2.05) is 0 Å². The maximum absolute atomic E-state index is 2.55. The van der Waals surface area contributed by atoms with Crippen LogP contribution in [-0.4, -0.2) is 24.5 Å². The molecular formula is C21H29N. The minimum absolute atomic E-state index is 0.656. The van der Waals surface area contributed by atoms with E-state index >= 15 is 0 Å². The van der Waals surface area contributed by atoms with Crippen LogP contribution in [0.1, 0.15) is 37.3 Å². The van der Waals surface area contributed by atoms with Crippen molar-refractivity contribution >= 4 is 0 Å². The van der Waals surface area contributed by atoms with E-state index in [9.17, 15) is 0 Å². The van der Waals surface area contributed by atoms with E-state index in [4.69, 9.17) is 0 Å². The highest BCUT2D eigenvalue weighted by Gasteiger charge is 2.14. The number of rotatable bonds is 9. The molecule has 1 nitrogen and oxygen atoms in total. The van der Waals surface area contributed by atoms with Gasteiger partial charge < -0.3 is 4.90 Å². The van der Waals surface area contributed by atoms with Gasteiger partial charge in [0.15, 0.2) is 0 Å². The summed E-state index contributed by atoms with van der Waals surface area (Å²) in [5, 5.41) is 0. The summed E-state index contributed by atoms with van der Waals surface area (Å²) in [4.78, 5) is 2.55. The molecule has 0 aromatic heterocycles. The third-order valence-corrected chi connectivity index (χ3v) is 4.38. The first kappa shape index (κ1) is 16.8. The molecule has 1 unspecified atom stereocenters. The fourth-order valence-corrected chi connectivity index (χ4v) is 3.06. The first-order valence-electron chi connectivity index (χ1n) is 8.57. The smallest absolute Gasteiger partial charge is 0.0132 e. The average molecular weight is 295 g/mol. The molecule has 0 heterocycles. The van der Waals surface area contributed by atoms with Gasteiger partial charge in [-0.2, -0.15) is 0 Å². The SMILES string of the molecule is CCCC(Cc1ccccc1)N(C)CCCc1ccccc1. The topological polar surface area (TPSA) is 3.24 Å². The van der Waals surface area contributed by atoms with Gasteiger partial charge in [0.25, 0.3) is 0 Å². The molecule has 0 spiro atoms. The summed E-state index contributed by atoms with van der Waals surface area (Å²) in [6.45, 7) is 3.46. The molecule has 2 aromatic rings. The van der Waals surface area contributed by atoms with Crippen LogP contribution in [0.4, 0.5) is 0 Å². The zero-order valence-corrected chi connectivity index (χ0v) is 14.0. The molecule has 2 rings (SSSR count). The number of nitrogens with zero attached hydrogens (tertiary/aromatic N) is 1. The molecule has 2 aromatic carbocycles. The van der Waals surface area contributed by atoms with Crippen molar-refractivity contribution in [2.24, 2.45) is 0 Å². The molecule has 0 aliphatic rings. The van der Waals surface area contributed by atoms with Crippen LogP contribution >= 0.6 is 0 Å². The highest BCUT2D eigenvalue weighted by Crippen LogP contribution is 2.14. The van der Waals surface area contributed by atoms with E-state index in [0.29, 0.717) is 6.04 Å². The van der Waals surface area contributed by atoms with Gasteiger partial charge in [0.1, 0.15) is 0 Å². The lowest BCUT2D eigenvalue weighted by molar-refractivity contribution is 0.225. The molecule has 0 saturated carbocycles. The molecule has 0 radical (unpaired) electrons. The van der Waals surface area contributed by atoms with Crippen LogP contribution in [0.25, 0.3) is 0 Å². The largest absolute Gasteiger partial charge is 0.303 e. The number of aryl methyl sites for hydroxylation is 1. The van der Waals surface area contributed by atoms with Gasteiger partial charge in [0, 0.05) is 6.04 Å². The van der Waals surface area contributed by atoms with Crippen molar-refractivity contribution in [2.75, 3.05) is 13.6 Å². The van der Waals surface area contributed by atoms with Gasteiger partial charge in [0.05, 0.1) is 0 Å². The summed E-state index contributed by atoms with van der Waals surface area (Å²) in [5.41, 5.74) is 2.90. The Morgan fingerprint density at radius 1 is 0.864 bits per heavy atom. The highest BCUT2D eigenvalue weighted by molar-refractivity contribution is 5.16. The fourth-order valence-electron chi connectivity index (χ4n) is 3.06. The quantitative estimate of drug-likeness (QED) is 0.632. The first-order chi connectivity index (χ1) is 10.8. The molecule has 0 bridgehead atoms. The number of hydrogen-bond acceptors (Lipinski definition) is 1. The fraction of sp³-hybridized carbons (Fsp3) is 0.429. The van der Waals surface area contributed by atoms with Crippen molar-refractivity contribution in [3.8, 4) is 0 Å². The standard InChI is InChI=1S/C21H29N/c1-3-11-21(18-20-14-8-5-9-15-20)22(2)17-10-16-19-12-6-4-7-13-19/h4-9,12-15,21H,3,10-11,16-18H2,1-2H3. The van der Waals surface area contributed by atoms with E-state index in [1.165, 1.54) is 43.4 Å². The lowest BCUT2D eigenvalue weighted by Crippen LogP contribution is -2.34. The molecule has 1 heteroatoms. The van der Waals surface area contributed by atoms with Crippen molar-refractivity contribution < 1.29 is 0 Å². The van der Waals surface area contributed by atoms with E-state index in [2.05, 4.69) is 79.5 Å². The molecule has 0 amide bonds. The molecule has 0 saturated heterocycles. The lowest BCUT2D eigenvalue weighted by Gasteiger charge is -2.28. The van der Waals surface area contributed by atoms with Crippen LogP contribution in [0.3, 0.4) is 0 Å². The van der Waals surface area contributed by atoms with Crippen molar-refractivity contribution in [3.63, 3.8) is 0 Å². The van der Waals surface area contributed by atoms with Gasteiger partial charge in [-0.25, -0.2) is 0 Å². The van der Waals surface area contributed by atoms with Crippen LogP contribution in [0.15, 0.2) is 60.7 Å². The van der Waals surface area contributed by atoms with Crippen LogP contribution in [0.2, 0.25) is 0 Å². The molecule has 0 N–H and O–H groups in total. The van der Waals surface area contributed by atoms with Crippen LogP contribution < -0.4 is 0 Å². The first-order valence-corrected chi connectivity index (χ1v) is 8.57. The van der Waals surface area contributed by atoms with Gasteiger partial charge in [-0.3, -0.25) is 0 Å². The molecule has 0 fully saturated rings. The van der Waals surface area contributed by atoms with Gasteiger partial charge in [-0.1, -0.05) is 74.0 Å². The van der Waals surface area contributed by atoms with E-state index < -0.39 is 0 Å². The Morgan fingerprint density at radius 2 is 1.45 bits per heavy atom. The van der Waals surface area contributed by atoms with Crippen LogP contribution in [0, 0.1) is 0 Å². The van der Waals surface area contributed by atoms with Crippen LogP contribution in [0.5, 0.6) is 0 Å². The average Bonchev–Trinajstić information content (AvgIpc) is 2.56. The summed E-state index contributed by atoms with van der Waals surface area (Å²) in [7, 11) is 2.29. The number of hydrogen-bond donors (Lipinski definition) is 0. The number of benzene rings is 2. The second-order valence-corrected chi connectivity index (χ2v) is 6.20. The Balaban J connectivity index is 1.82.